The number of amides is 1. The van der Waals surface area contributed by atoms with Crippen LogP contribution < -0.4 is 5.32 Å². The summed E-state index contributed by atoms with van der Waals surface area (Å²) in [5.74, 6) is 1.55. The summed E-state index contributed by atoms with van der Waals surface area (Å²) in [6, 6.07) is 9.66. The molecule has 1 N–H and O–H groups in total. The summed E-state index contributed by atoms with van der Waals surface area (Å²) in [6.07, 6.45) is 3.82. The van der Waals surface area contributed by atoms with Gasteiger partial charge in [-0.15, -0.1) is 0 Å². The van der Waals surface area contributed by atoms with E-state index in [-0.39, 0.29) is 17.7 Å². The van der Waals surface area contributed by atoms with Crippen LogP contribution in [0.15, 0.2) is 47.2 Å². The van der Waals surface area contributed by atoms with Gasteiger partial charge in [0.05, 0.1) is 18.1 Å². The summed E-state index contributed by atoms with van der Waals surface area (Å²) in [5.41, 5.74) is 1.30. The van der Waals surface area contributed by atoms with Crippen molar-refractivity contribution in [2.24, 2.45) is 0 Å². The van der Waals surface area contributed by atoms with Gasteiger partial charge in [-0.3, -0.25) is 4.79 Å². The molecule has 0 bridgehead atoms. The van der Waals surface area contributed by atoms with Crippen molar-refractivity contribution in [2.45, 2.75) is 39.0 Å². The molecule has 3 aromatic rings. The molecule has 2 aromatic heterocycles. The van der Waals surface area contributed by atoms with Crippen LogP contribution in [0.1, 0.15) is 38.9 Å². The molecule has 0 fully saturated rings. The summed E-state index contributed by atoms with van der Waals surface area (Å²) in [6.45, 7) is 6.02. The van der Waals surface area contributed by atoms with Crippen LogP contribution in [-0.4, -0.2) is 26.0 Å². The molecule has 26 heavy (non-hydrogen) atoms. The number of aryl methyl sites for hydroxylation is 1. The van der Waals surface area contributed by atoms with E-state index in [0.717, 1.165) is 5.56 Å². The van der Waals surface area contributed by atoms with E-state index >= 15 is 0 Å². The number of carbonyl (C=O) groups excluding carboxylic acids is 1. The standard InChI is InChI=1S/C19H21N5O2/c1-19(2,3)18-23-16(26-24-18)10-9-15(25)22-14-11-20-17(21-12-14)13-7-5-4-6-8-13/h4-8,11-12H,9-10H2,1-3H3,(H,22,25). The van der Waals surface area contributed by atoms with Gasteiger partial charge in [0.2, 0.25) is 11.8 Å². The van der Waals surface area contributed by atoms with Gasteiger partial charge < -0.3 is 9.84 Å². The maximum absolute atomic E-state index is 12.1. The van der Waals surface area contributed by atoms with Crippen LogP contribution >= 0.6 is 0 Å². The molecule has 1 aromatic carbocycles. The highest BCUT2D eigenvalue weighted by atomic mass is 16.5. The number of benzene rings is 1. The van der Waals surface area contributed by atoms with Crippen LogP contribution in [-0.2, 0) is 16.6 Å². The second kappa shape index (κ2) is 7.43. The van der Waals surface area contributed by atoms with Crippen molar-refractivity contribution < 1.29 is 9.32 Å². The molecule has 0 radical (unpaired) electrons. The highest BCUT2D eigenvalue weighted by molar-refractivity contribution is 5.90. The van der Waals surface area contributed by atoms with Crippen molar-refractivity contribution in [1.82, 2.24) is 20.1 Å². The van der Waals surface area contributed by atoms with E-state index < -0.39 is 0 Å². The Balaban J connectivity index is 1.54. The quantitative estimate of drug-likeness (QED) is 0.757. The molecule has 7 nitrogen and oxygen atoms in total. The van der Waals surface area contributed by atoms with Crippen LogP contribution in [0.4, 0.5) is 5.69 Å². The molecule has 2 heterocycles. The van der Waals surface area contributed by atoms with Crippen molar-refractivity contribution in [3.8, 4) is 11.4 Å². The molecule has 0 unspecified atom stereocenters. The summed E-state index contributed by atoms with van der Waals surface area (Å²) in [4.78, 5) is 25.0. The number of anilines is 1. The van der Waals surface area contributed by atoms with Crippen LogP contribution in [0.5, 0.6) is 0 Å². The first-order valence-electron chi connectivity index (χ1n) is 8.42. The first kappa shape index (κ1) is 17.7. The van der Waals surface area contributed by atoms with Gasteiger partial charge in [-0.05, 0) is 0 Å². The lowest BCUT2D eigenvalue weighted by atomic mass is 9.96. The largest absolute Gasteiger partial charge is 0.339 e. The molecule has 0 aliphatic carbocycles. The Morgan fingerprint density at radius 1 is 1.12 bits per heavy atom. The van der Waals surface area contributed by atoms with Gasteiger partial charge >= 0.3 is 0 Å². The summed E-state index contributed by atoms with van der Waals surface area (Å²) in [5, 5.41) is 6.72. The van der Waals surface area contributed by atoms with Gasteiger partial charge in [0.15, 0.2) is 11.6 Å². The van der Waals surface area contributed by atoms with Crippen molar-refractivity contribution in [3.63, 3.8) is 0 Å². The van der Waals surface area contributed by atoms with E-state index in [1.165, 1.54) is 0 Å². The van der Waals surface area contributed by atoms with Gasteiger partial charge in [0.1, 0.15) is 0 Å². The molecule has 3 rings (SSSR count). The zero-order chi connectivity index (χ0) is 18.6. The van der Waals surface area contributed by atoms with E-state index in [4.69, 9.17) is 4.52 Å². The molecule has 134 valence electrons. The molecular formula is C19H21N5O2. The van der Waals surface area contributed by atoms with Gasteiger partial charge in [0.25, 0.3) is 0 Å². The minimum atomic E-state index is -0.179. The highest BCUT2D eigenvalue weighted by Crippen LogP contribution is 2.19. The Morgan fingerprint density at radius 3 is 2.42 bits per heavy atom. The molecule has 0 aliphatic rings. The third kappa shape index (κ3) is 4.50. The van der Waals surface area contributed by atoms with Crippen LogP contribution in [0.25, 0.3) is 11.4 Å². The molecule has 0 saturated carbocycles. The molecule has 0 aliphatic heterocycles. The minimum Gasteiger partial charge on any atom is -0.339 e. The van der Waals surface area contributed by atoms with E-state index in [2.05, 4.69) is 25.4 Å². The Morgan fingerprint density at radius 2 is 1.81 bits per heavy atom. The van der Waals surface area contributed by atoms with E-state index in [0.29, 0.717) is 29.6 Å². The third-order valence-electron chi connectivity index (χ3n) is 3.67. The second-order valence-electron chi connectivity index (χ2n) is 6.97. The van der Waals surface area contributed by atoms with Crippen LogP contribution in [0.2, 0.25) is 0 Å². The van der Waals surface area contributed by atoms with Gasteiger partial charge in [-0.1, -0.05) is 56.3 Å². The van der Waals surface area contributed by atoms with Crippen molar-refractivity contribution >= 4 is 11.6 Å². The summed E-state index contributed by atoms with van der Waals surface area (Å²) in [7, 11) is 0. The van der Waals surface area contributed by atoms with E-state index in [1.807, 2.05) is 51.1 Å². The number of hydrogen-bond donors (Lipinski definition) is 1. The van der Waals surface area contributed by atoms with Crippen molar-refractivity contribution in [3.05, 3.63) is 54.4 Å². The Hall–Kier alpha value is -3.09. The average Bonchev–Trinajstić information content (AvgIpc) is 3.11. The molecular weight excluding hydrogens is 330 g/mol. The lowest BCUT2D eigenvalue weighted by Crippen LogP contribution is -2.14. The third-order valence-corrected chi connectivity index (χ3v) is 3.67. The van der Waals surface area contributed by atoms with Crippen LogP contribution in [0.3, 0.4) is 0 Å². The fourth-order valence-electron chi connectivity index (χ4n) is 2.23. The molecule has 7 heteroatoms. The summed E-state index contributed by atoms with van der Waals surface area (Å²) >= 11 is 0. The fraction of sp³-hybridized carbons (Fsp3) is 0.316. The van der Waals surface area contributed by atoms with Crippen LogP contribution in [0, 0.1) is 0 Å². The zero-order valence-corrected chi connectivity index (χ0v) is 15.1. The zero-order valence-electron chi connectivity index (χ0n) is 15.1. The molecule has 0 atom stereocenters. The van der Waals surface area contributed by atoms with E-state index in [1.54, 1.807) is 12.4 Å². The number of nitrogens with zero attached hydrogens (tertiary/aromatic N) is 4. The Labute approximate surface area is 151 Å². The fourth-order valence-corrected chi connectivity index (χ4v) is 2.23. The maximum Gasteiger partial charge on any atom is 0.227 e. The lowest BCUT2D eigenvalue weighted by molar-refractivity contribution is -0.116. The normalized spacial score (nSPS) is 11.3. The SMILES string of the molecule is CC(C)(C)c1noc(CCC(=O)Nc2cnc(-c3ccccc3)nc2)n1. The van der Waals surface area contributed by atoms with Gasteiger partial charge in [-0.2, -0.15) is 4.98 Å². The lowest BCUT2D eigenvalue weighted by Gasteiger charge is -2.10. The maximum atomic E-state index is 12.1. The predicted molar refractivity (Wildman–Crippen MR) is 97.4 cm³/mol. The first-order chi connectivity index (χ1) is 12.4. The Kier molecular flexibility index (Phi) is 5.06. The average molecular weight is 351 g/mol. The van der Waals surface area contributed by atoms with Crippen molar-refractivity contribution in [1.29, 1.82) is 0 Å². The number of nitrogens with one attached hydrogen (secondary N) is 1. The highest BCUT2D eigenvalue weighted by Gasteiger charge is 2.21. The predicted octanol–water partition coefficient (Wildman–Crippen LogP) is 3.40. The van der Waals surface area contributed by atoms with Crippen molar-refractivity contribution in [2.75, 3.05) is 5.32 Å². The van der Waals surface area contributed by atoms with Gasteiger partial charge in [0, 0.05) is 23.8 Å². The molecule has 0 saturated heterocycles. The number of rotatable bonds is 5. The first-order valence-corrected chi connectivity index (χ1v) is 8.42. The van der Waals surface area contributed by atoms with E-state index in [9.17, 15) is 4.79 Å². The number of carbonyl (C=O) groups is 1. The topological polar surface area (TPSA) is 93.8 Å². The van der Waals surface area contributed by atoms with Gasteiger partial charge in [-0.25, -0.2) is 9.97 Å². The summed E-state index contributed by atoms with van der Waals surface area (Å²) < 4.78 is 5.19. The minimum absolute atomic E-state index is 0.156. The molecule has 0 spiro atoms. The Bertz CT molecular complexity index is 867. The number of hydrogen-bond acceptors (Lipinski definition) is 6. The number of aromatic nitrogens is 4. The molecule has 1 amide bonds. The monoisotopic (exact) mass is 351 g/mol. The smallest absolute Gasteiger partial charge is 0.227 e. The second-order valence-corrected chi connectivity index (χ2v) is 6.97.